The predicted molar refractivity (Wildman–Crippen MR) is 61.8 cm³/mol. The van der Waals surface area contributed by atoms with Crippen LogP contribution in [0.25, 0.3) is 0 Å². The molecule has 0 amide bonds. The van der Waals surface area contributed by atoms with Gasteiger partial charge in [-0.25, -0.2) is 0 Å². The summed E-state index contributed by atoms with van der Waals surface area (Å²) >= 11 is 0. The maximum absolute atomic E-state index is 3.39. The highest BCUT2D eigenvalue weighted by molar-refractivity contribution is 5.20. The Balaban J connectivity index is 0. The van der Waals surface area contributed by atoms with Gasteiger partial charge >= 0.3 is 0 Å². The molecular weight excluding hydrogens is 160 g/mol. The SMILES string of the molecule is CC(C)NCCNC1=CCCC=C1.[HH].[HH]. The molecular formula is C11H24N2. The number of rotatable bonds is 5. The minimum atomic E-state index is 0. The van der Waals surface area contributed by atoms with Gasteiger partial charge in [0.2, 0.25) is 0 Å². The van der Waals surface area contributed by atoms with Crippen LogP contribution < -0.4 is 10.6 Å². The fourth-order valence-corrected chi connectivity index (χ4v) is 1.31. The molecule has 0 aromatic rings. The average Bonchev–Trinajstić information content (AvgIpc) is 2.14. The van der Waals surface area contributed by atoms with Crippen LogP contribution in [0.4, 0.5) is 0 Å². The Labute approximate surface area is 84.1 Å². The second-order valence-electron chi connectivity index (χ2n) is 3.67. The molecule has 0 bridgehead atoms. The fourth-order valence-electron chi connectivity index (χ4n) is 1.31. The molecule has 2 nitrogen and oxygen atoms in total. The Morgan fingerprint density at radius 1 is 1.38 bits per heavy atom. The third kappa shape index (κ3) is 4.73. The maximum Gasteiger partial charge on any atom is 0.0296 e. The topological polar surface area (TPSA) is 24.1 Å². The van der Waals surface area contributed by atoms with Crippen molar-refractivity contribution in [3.8, 4) is 0 Å². The van der Waals surface area contributed by atoms with E-state index in [9.17, 15) is 0 Å². The first-order valence-electron chi connectivity index (χ1n) is 5.13. The number of allylic oxidation sites excluding steroid dienone is 3. The number of nitrogens with one attached hydrogen (secondary N) is 2. The molecule has 0 spiro atoms. The van der Waals surface area contributed by atoms with Gasteiger partial charge < -0.3 is 10.6 Å². The molecule has 1 rings (SSSR count). The molecule has 0 atom stereocenters. The number of hydrogen-bond donors (Lipinski definition) is 2. The lowest BCUT2D eigenvalue weighted by Crippen LogP contribution is -2.31. The molecule has 0 fully saturated rings. The fraction of sp³-hybridized carbons (Fsp3) is 0.636. The van der Waals surface area contributed by atoms with Crippen LogP contribution in [0.15, 0.2) is 23.9 Å². The largest absolute Gasteiger partial charge is 0.384 e. The predicted octanol–water partition coefficient (Wildman–Crippen LogP) is 2.30. The summed E-state index contributed by atoms with van der Waals surface area (Å²) in [6, 6.07) is 0.581. The van der Waals surface area contributed by atoms with Crippen LogP contribution in [0.5, 0.6) is 0 Å². The zero-order chi connectivity index (χ0) is 9.52. The van der Waals surface area contributed by atoms with Crippen molar-refractivity contribution in [2.75, 3.05) is 13.1 Å². The molecule has 0 heterocycles. The maximum atomic E-state index is 3.39. The molecule has 0 unspecified atom stereocenters. The van der Waals surface area contributed by atoms with E-state index in [0.717, 1.165) is 13.1 Å². The number of hydrogen-bond acceptors (Lipinski definition) is 2. The third-order valence-electron chi connectivity index (χ3n) is 2.00. The molecule has 0 aliphatic heterocycles. The van der Waals surface area contributed by atoms with Crippen LogP contribution >= 0.6 is 0 Å². The van der Waals surface area contributed by atoms with Gasteiger partial charge in [-0.05, 0) is 18.9 Å². The summed E-state index contributed by atoms with van der Waals surface area (Å²) in [4.78, 5) is 0. The summed E-state index contributed by atoms with van der Waals surface area (Å²) in [6.45, 7) is 6.37. The lowest BCUT2D eigenvalue weighted by Gasteiger charge is -2.12. The molecule has 13 heavy (non-hydrogen) atoms. The van der Waals surface area contributed by atoms with E-state index in [0.29, 0.717) is 6.04 Å². The Morgan fingerprint density at radius 3 is 2.85 bits per heavy atom. The van der Waals surface area contributed by atoms with Crippen molar-refractivity contribution in [2.24, 2.45) is 0 Å². The van der Waals surface area contributed by atoms with Gasteiger partial charge in [0.05, 0.1) is 0 Å². The van der Waals surface area contributed by atoms with Crippen molar-refractivity contribution in [1.82, 2.24) is 10.6 Å². The standard InChI is InChI=1S/C11H20N2.2H2/c1-10(2)12-8-9-13-11-6-4-3-5-7-11;;/h4,6-7,10,12-13H,3,5,8-9H2,1-2H3;2*1H. The minimum Gasteiger partial charge on any atom is -0.384 e. The molecule has 0 saturated heterocycles. The van der Waals surface area contributed by atoms with Crippen molar-refractivity contribution >= 4 is 0 Å². The van der Waals surface area contributed by atoms with Gasteiger partial charge in [-0.2, -0.15) is 0 Å². The Kier molecular flexibility index (Phi) is 4.61. The van der Waals surface area contributed by atoms with Crippen LogP contribution in [0.2, 0.25) is 0 Å². The molecule has 0 saturated carbocycles. The van der Waals surface area contributed by atoms with Gasteiger partial charge in [-0.3, -0.25) is 0 Å². The van der Waals surface area contributed by atoms with E-state index < -0.39 is 0 Å². The lowest BCUT2D eigenvalue weighted by molar-refractivity contribution is 0.576. The van der Waals surface area contributed by atoms with Crippen molar-refractivity contribution < 1.29 is 2.85 Å². The van der Waals surface area contributed by atoms with Crippen molar-refractivity contribution in [2.45, 2.75) is 32.7 Å². The average molecular weight is 184 g/mol. The van der Waals surface area contributed by atoms with Crippen LogP contribution in [0, 0.1) is 0 Å². The van der Waals surface area contributed by atoms with Gasteiger partial charge in [0.1, 0.15) is 0 Å². The summed E-state index contributed by atoms with van der Waals surface area (Å²) in [5, 5.41) is 6.76. The highest BCUT2D eigenvalue weighted by Gasteiger charge is 1.95. The summed E-state index contributed by atoms with van der Waals surface area (Å²) in [5.74, 6) is 0. The Morgan fingerprint density at radius 2 is 2.23 bits per heavy atom. The molecule has 0 radical (unpaired) electrons. The van der Waals surface area contributed by atoms with Gasteiger partial charge in [0.15, 0.2) is 0 Å². The zero-order valence-electron chi connectivity index (χ0n) is 8.64. The summed E-state index contributed by atoms with van der Waals surface area (Å²) in [6.07, 6.45) is 9.01. The van der Waals surface area contributed by atoms with E-state index >= 15 is 0 Å². The van der Waals surface area contributed by atoms with Crippen molar-refractivity contribution in [3.63, 3.8) is 0 Å². The van der Waals surface area contributed by atoms with E-state index in [1.54, 1.807) is 0 Å². The smallest absolute Gasteiger partial charge is 0.0296 e. The highest BCUT2D eigenvalue weighted by Crippen LogP contribution is 2.05. The first kappa shape index (κ1) is 10.3. The van der Waals surface area contributed by atoms with Gasteiger partial charge in [0, 0.05) is 27.7 Å². The molecule has 1 aliphatic rings. The summed E-state index contributed by atoms with van der Waals surface area (Å²) in [7, 11) is 0. The van der Waals surface area contributed by atoms with Crippen molar-refractivity contribution in [3.05, 3.63) is 23.9 Å². The molecule has 0 aromatic heterocycles. The summed E-state index contributed by atoms with van der Waals surface area (Å²) < 4.78 is 0. The van der Waals surface area contributed by atoms with Gasteiger partial charge in [0.25, 0.3) is 0 Å². The van der Waals surface area contributed by atoms with Crippen molar-refractivity contribution in [1.29, 1.82) is 0 Å². The molecule has 78 valence electrons. The van der Waals surface area contributed by atoms with E-state index in [2.05, 4.69) is 42.7 Å². The second kappa shape index (κ2) is 5.81. The second-order valence-corrected chi connectivity index (χ2v) is 3.67. The molecule has 0 aromatic carbocycles. The summed E-state index contributed by atoms with van der Waals surface area (Å²) in [5.41, 5.74) is 1.27. The molecule has 2 N–H and O–H groups in total. The van der Waals surface area contributed by atoms with Gasteiger partial charge in [-0.15, -0.1) is 0 Å². The minimum absolute atomic E-state index is 0. The first-order valence-corrected chi connectivity index (χ1v) is 5.13. The Hall–Kier alpha value is -0.760. The van der Waals surface area contributed by atoms with E-state index in [1.165, 1.54) is 18.5 Å². The quantitative estimate of drug-likeness (QED) is 0.641. The van der Waals surface area contributed by atoms with Crippen LogP contribution in [0.1, 0.15) is 29.5 Å². The van der Waals surface area contributed by atoms with E-state index in [4.69, 9.17) is 0 Å². The van der Waals surface area contributed by atoms with Crippen LogP contribution in [-0.2, 0) is 0 Å². The normalized spacial score (nSPS) is 16.1. The first-order chi connectivity index (χ1) is 6.29. The highest BCUT2D eigenvalue weighted by atomic mass is 15.0. The molecule has 2 heteroatoms. The monoisotopic (exact) mass is 184 g/mol. The zero-order valence-corrected chi connectivity index (χ0v) is 8.64. The third-order valence-corrected chi connectivity index (χ3v) is 2.00. The molecule has 1 aliphatic carbocycles. The van der Waals surface area contributed by atoms with E-state index in [-0.39, 0.29) is 2.85 Å². The van der Waals surface area contributed by atoms with E-state index in [1.807, 2.05) is 0 Å². The van der Waals surface area contributed by atoms with Crippen LogP contribution in [-0.4, -0.2) is 19.1 Å². The lowest BCUT2D eigenvalue weighted by atomic mass is 10.1. The van der Waals surface area contributed by atoms with Gasteiger partial charge in [-0.1, -0.05) is 26.0 Å². The Bertz CT molecular complexity index is 201. The van der Waals surface area contributed by atoms with Crippen LogP contribution in [0.3, 0.4) is 0 Å².